The predicted octanol–water partition coefficient (Wildman–Crippen LogP) is 5.78. The number of thioether (sulfide) groups is 1. The number of halogens is 1. The van der Waals surface area contributed by atoms with Crippen molar-refractivity contribution in [3.05, 3.63) is 63.5 Å². The summed E-state index contributed by atoms with van der Waals surface area (Å²) in [6, 6.07) is 8.93. The van der Waals surface area contributed by atoms with E-state index in [0.29, 0.717) is 67.3 Å². The van der Waals surface area contributed by atoms with Crippen LogP contribution in [0.1, 0.15) is 44.1 Å². The number of amides is 1. The molecule has 3 heterocycles. The van der Waals surface area contributed by atoms with Crippen molar-refractivity contribution in [2.45, 2.75) is 43.9 Å². The quantitative estimate of drug-likeness (QED) is 0.288. The third kappa shape index (κ3) is 5.95. The van der Waals surface area contributed by atoms with Crippen LogP contribution < -0.4 is 25.4 Å². The van der Waals surface area contributed by atoms with Crippen molar-refractivity contribution in [2.75, 3.05) is 30.2 Å². The molecule has 3 aromatic rings. The van der Waals surface area contributed by atoms with Gasteiger partial charge < -0.3 is 24.9 Å². The van der Waals surface area contributed by atoms with Gasteiger partial charge in [-0.05, 0) is 37.0 Å². The lowest BCUT2D eigenvalue weighted by molar-refractivity contribution is -0.118. The number of hydrogen-bond acceptors (Lipinski definition) is 12. The van der Waals surface area contributed by atoms with Crippen molar-refractivity contribution in [1.29, 1.82) is 5.26 Å². The molecule has 43 heavy (non-hydrogen) atoms. The molecule has 1 aliphatic heterocycles. The summed E-state index contributed by atoms with van der Waals surface area (Å²) in [7, 11) is 2.97. The monoisotopic (exact) mass is 640 g/mol. The molecule has 1 aromatic carbocycles. The highest BCUT2D eigenvalue weighted by molar-refractivity contribution is 8.01. The van der Waals surface area contributed by atoms with Gasteiger partial charge in [0, 0.05) is 23.8 Å². The number of allylic oxidation sites excluding steroid dienone is 3. The molecule has 5 rings (SSSR count). The SMILES string of the molecule is COc1cc(OC)c(NC(=O)CSc2nnc(N3C(N)=C(C#N)C(c4ccc(C)o4)C4=C3CC(C)(C)CC4=O)s2)cc1Cl. The van der Waals surface area contributed by atoms with Crippen molar-refractivity contribution < 1.29 is 23.5 Å². The number of Topliss-reactive ketones (excluding diaryl/α,β-unsaturated/α-hetero) is 1. The molecule has 1 unspecified atom stereocenters. The average Bonchev–Trinajstić information content (AvgIpc) is 3.59. The molecule has 2 aromatic heterocycles. The van der Waals surface area contributed by atoms with E-state index < -0.39 is 5.92 Å². The number of ether oxygens (including phenoxy) is 2. The highest BCUT2D eigenvalue weighted by atomic mass is 35.5. The summed E-state index contributed by atoms with van der Waals surface area (Å²) in [6.45, 7) is 5.84. The Labute approximate surface area is 261 Å². The fourth-order valence-corrected chi connectivity index (χ4v) is 7.16. The molecule has 1 aliphatic carbocycles. The molecule has 1 amide bonds. The highest BCUT2D eigenvalue weighted by Crippen LogP contribution is 2.51. The van der Waals surface area contributed by atoms with Crippen molar-refractivity contribution in [1.82, 2.24) is 10.2 Å². The Bertz CT molecular complexity index is 1720. The number of aryl methyl sites for hydroxylation is 1. The number of carbonyl (C=O) groups is 2. The van der Waals surface area contributed by atoms with E-state index in [4.69, 9.17) is 31.2 Å². The molecular formula is C29H29ClN6O5S2. The molecule has 0 saturated carbocycles. The number of anilines is 2. The summed E-state index contributed by atoms with van der Waals surface area (Å²) in [4.78, 5) is 28.1. The maximum absolute atomic E-state index is 13.6. The number of aromatic nitrogens is 2. The van der Waals surface area contributed by atoms with Crippen LogP contribution in [-0.4, -0.2) is 41.9 Å². The Kier molecular flexibility index (Phi) is 8.47. The van der Waals surface area contributed by atoms with E-state index in [1.807, 2.05) is 20.8 Å². The normalized spacial score (nSPS) is 17.9. The predicted molar refractivity (Wildman–Crippen MR) is 164 cm³/mol. The van der Waals surface area contributed by atoms with Gasteiger partial charge in [0.2, 0.25) is 11.0 Å². The number of nitriles is 1. The zero-order valence-corrected chi connectivity index (χ0v) is 26.5. The first-order chi connectivity index (χ1) is 20.5. The van der Waals surface area contributed by atoms with Crippen LogP contribution in [0.5, 0.6) is 11.5 Å². The summed E-state index contributed by atoms with van der Waals surface area (Å²) < 4.78 is 16.9. The number of ketones is 1. The van der Waals surface area contributed by atoms with Gasteiger partial charge in [0.15, 0.2) is 10.1 Å². The van der Waals surface area contributed by atoms with Crippen LogP contribution >= 0.6 is 34.7 Å². The zero-order chi connectivity index (χ0) is 31.1. The number of nitrogens with one attached hydrogen (secondary N) is 1. The molecule has 3 N–H and O–H groups in total. The minimum absolute atomic E-state index is 0.0234. The lowest BCUT2D eigenvalue weighted by Crippen LogP contribution is -2.42. The van der Waals surface area contributed by atoms with Crippen LogP contribution in [-0.2, 0) is 9.59 Å². The number of rotatable bonds is 8. The van der Waals surface area contributed by atoms with E-state index in [1.165, 1.54) is 37.3 Å². The Hall–Kier alpha value is -3.99. The van der Waals surface area contributed by atoms with Gasteiger partial charge in [-0.1, -0.05) is 48.5 Å². The molecule has 0 radical (unpaired) electrons. The highest BCUT2D eigenvalue weighted by Gasteiger charge is 2.46. The minimum atomic E-state index is -0.706. The topological polar surface area (TPSA) is 157 Å². The van der Waals surface area contributed by atoms with Crippen molar-refractivity contribution in [2.24, 2.45) is 11.1 Å². The van der Waals surface area contributed by atoms with Crippen molar-refractivity contribution in [3.63, 3.8) is 0 Å². The van der Waals surface area contributed by atoms with Crippen LogP contribution in [0, 0.1) is 23.7 Å². The zero-order valence-electron chi connectivity index (χ0n) is 24.1. The number of methoxy groups -OCH3 is 2. The molecular weight excluding hydrogens is 612 g/mol. The first-order valence-electron chi connectivity index (χ1n) is 13.2. The third-order valence-electron chi connectivity index (χ3n) is 7.09. The number of nitrogens with two attached hydrogens (primary N) is 1. The molecule has 0 bridgehead atoms. The Balaban J connectivity index is 1.42. The van der Waals surface area contributed by atoms with Crippen LogP contribution in [0.4, 0.5) is 10.8 Å². The summed E-state index contributed by atoms with van der Waals surface area (Å²) in [6.07, 6.45) is 0.853. The second-order valence-electron chi connectivity index (χ2n) is 10.8. The minimum Gasteiger partial charge on any atom is -0.495 e. The van der Waals surface area contributed by atoms with Gasteiger partial charge in [-0.15, -0.1) is 10.2 Å². The first kappa shape index (κ1) is 30.5. The largest absolute Gasteiger partial charge is 0.495 e. The van der Waals surface area contributed by atoms with E-state index in [1.54, 1.807) is 29.2 Å². The summed E-state index contributed by atoms with van der Waals surface area (Å²) in [5.41, 5.74) is 8.07. The molecule has 14 heteroatoms. The molecule has 11 nitrogen and oxygen atoms in total. The van der Waals surface area contributed by atoms with Crippen LogP contribution in [0.2, 0.25) is 5.02 Å². The molecule has 0 fully saturated rings. The molecule has 224 valence electrons. The van der Waals surface area contributed by atoms with E-state index in [9.17, 15) is 14.9 Å². The van der Waals surface area contributed by atoms with Crippen molar-refractivity contribution in [3.8, 4) is 17.6 Å². The summed E-state index contributed by atoms with van der Waals surface area (Å²) in [5.74, 6) is 1.08. The van der Waals surface area contributed by atoms with Crippen LogP contribution in [0.15, 0.2) is 55.7 Å². The molecule has 2 aliphatic rings. The Morgan fingerprint density at radius 3 is 2.67 bits per heavy atom. The van der Waals surface area contributed by atoms with Gasteiger partial charge >= 0.3 is 0 Å². The molecule has 0 spiro atoms. The third-order valence-corrected chi connectivity index (χ3v) is 9.43. The lowest BCUT2D eigenvalue weighted by atomic mass is 9.69. The number of nitrogens with zero attached hydrogens (tertiary/aromatic N) is 4. The molecule has 1 atom stereocenters. The van der Waals surface area contributed by atoms with Gasteiger partial charge in [-0.2, -0.15) is 5.26 Å². The van der Waals surface area contributed by atoms with E-state index in [2.05, 4.69) is 21.6 Å². The van der Waals surface area contributed by atoms with Gasteiger partial charge in [0.1, 0.15) is 28.8 Å². The first-order valence-corrected chi connectivity index (χ1v) is 15.3. The smallest absolute Gasteiger partial charge is 0.234 e. The summed E-state index contributed by atoms with van der Waals surface area (Å²) >= 11 is 8.61. The Morgan fingerprint density at radius 1 is 1.28 bits per heavy atom. The van der Waals surface area contributed by atoms with Crippen LogP contribution in [0.3, 0.4) is 0 Å². The van der Waals surface area contributed by atoms with Crippen molar-refractivity contribution >= 4 is 57.2 Å². The second kappa shape index (κ2) is 11.9. The summed E-state index contributed by atoms with van der Waals surface area (Å²) in [5, 5.41) is 22.3. The molecule has 0 saturated heterocycles. The number of carbonyl (C=O) groups excluding carboxylic acids is 2. The lowest BCUT2D eigenvalue weighted by Gasteiger charge is -2.42. The van der Waals surface area contributed by atoms with E-state index in [-0.39, 0.29) is 34.3 Å². The van der Waals surface area contributed by atoms with Gasteiger partial charge in [0.25, 0.3) is 0 Å². The van der Waals surface area contributed by atoms with Gasteiger partial charge in [-0.25, -0.2) is 0 Å². The fraction of sp³-hybridized carbons (Fsp3) is 0.345. The van der Waals surface area contributed by atoms with Gasteiger partial charge in [-0.3, -0.25) is 14.5 Å². The number of hydrogen-bond donors (Lipinski definition) is 2. The maximum Gasteiger partial charge on any atom is 0.234 e. The van der Waals surface area contributed by atoms with E-state index in [0.717, 1.165) is 0 Å². The Morgan fingerprint density at radius 2 is 2.02 bits per heavy atom. The average molecular weight is 641 g/mol. The standard InChI is InChI=1S/C29H29ClN6O5S2/c1-14-6-7-20(41-14)24-15(12-31)26(32)36(18-10-29(2,3)11-19(37)25(18)24)27-34-35-28(43-27)42-13-23(38)33-17-8-16(30)21(39-4)9-22(17)40-5/h6-9,24H,10-11,13,32H2,1-5H3,(H,33,38). The van der Waals surface area contributed by atoms with E-state index >= 15 is 0 Å². The number of furan rings is 1. The van der Waals surface area contributed by atoms with Crippen LogP contribution in [0.25, 0.3) is 0 Å². The second-order valence-corrected chi connectivity index (χ2v) is 13.4. The van der Waals surface area contributed by atoms with Gasteiger partial charge in [0.05, 0.1) is 48.2 Å². The number of benzene rings is 1. The fourth-order valence-electron chi connectivity index (χ4n) is 5.24. The maximum atomic E-state index is 13.6.